The van der Waals surface area contributed by atoms with Crippen molar-refractivity contribution in [1.82, 2.24) is 4.98 Å². The number of pyridine rings is 1. The summed E-state index contributed by atoms with van der Waals surface area (Å²) in [5.41, 5.74) is 7.26. The molecule has 16 heavy (non-hydrogen) atoms. The summed E-state index contributed by atoms with van der Waals surface area (Å²) in [5, 5.41) is 0.581. The summed E-state index contributed by atoms with van der Waals surface area (Å²) in [6.45, 7) is 1.92. The van der Waals surface area contributed by atoms with Gasteiger partial charge in [0.1, 0.15) is 0 Å². The van der Waals surface area contributed by atoms with Gasteiger partial charge in [0.25, 0.3) is 0 Å². The first kappa shape index (κ1) is 10.8. The molecule has 0 fully saturated rings. The highest BCUT2D eigenvalue weighted by molar-refractivity contribution is 6.30. The van der Waals surface area contributed by atoms with Crippen LogP contribution in [0.25, 0.3) is 0 Å². The number of nitrogens with zero attached hydrogens (tertiary/aromatic N) is 1. The highest BCUT2D eigenvalue weighted by atomic mass is 35.5. The van der Waals surface area contributed by atoms with Crippen LogP contribution in [0.1, 0.15) is 5.56 Å². The van der Waals surface area contributed by atoms with E-state index in [1.807, 2.05) is 19.1 Å². The van der Waals surface area contributed by atoms with E-state index in [0.29, 0.717) is 22.3 Å². The minimum Gasteiger partial charge on any atom is -0.437 e. The van der Waals surface area contributed by atoms with Crippen molar-refractivity contribution in [2.45, 2.75) is 6.92 Å². The molecule has 0 unspecified atom stereocenters. The van der Waals surface area contributed by atoms with E-state index in [2.05, 4.69) is 4.98 Å². The summed E-state index contributed by atoms with van der Waals surface area (Å²) < 4.78 is 5.60. The Balaban J connectivity index is 2.34. The number of nitrogens with two attached hydrogens (primary N) is 1. The lowest BCUT2D eigenvalue weighted by Gasteiger charge is -2.09. The van der Waals surface area contributed by atoms with Crippen molar-refractivity contribution in [3.63, 3.8) is 0 Å². The van der Waals surface area contributed by atoms with Gasteiger partial charge in [-0.15, -0.1) is 0 Å². The van der Waals surface area contributed by atoms with Gasteiger partial charge in [0, 0.05) is 22.8 Å². The second kappa shape index (κ2) is 4.41. The SMILES string of the molecule is Cc1cccnc1Oc1cc(Cl)ccc1N. The van der Waals surface area contributed by atoms with Gasteiger partial charge in [-0.1, -0.05) is 17.7 Å². The molecule has 0 amide bonds. The minimum absolute atomic E-state index is 0.523. The van der Waals surface area contributed by atoms with Crippen LogP contribution in [0.15, 0.2) is 36.5 Å². The number of nitrogen functional groups attached to an aromatic ring is 1. The van der Waals surface area contributed by atoms with Gasteiger partial charge in [0.05, 0.1) is 5.69 Å². The first-order valence-corrected chi connectivity index (χ1v) is 5.19. The minimum atomic E-state index is 0.523. The highest BCUT2D eigenvalue weighted by Crippen LogP contribution is 2.30. The molecule has 0 saturated carbocycles. The molecule has 0 aliphatic heterocycles. The van der Waals surface area contributed by atoms with Gasteiger partial charge in [-0.05, 0) is 25.1 Å². The summed E-state index contributed by atoms with van der Waals surface area (Å²) in [5.74, 6) is 1.06. The molecule has 2 N–H and O–H groups in total. The maximum Gasteiger partial charge on any atom is 0.222 e. The summed E-state index contributed by atoms with van der Waals surface area (Å²) >= 11 is 5.87. The average Bonchev–Trinajstić information content (AvgIpc) is 2.27. The van der Waals surface area contributed by atoms with Crippen LogP contribution < -0.4 is 10.5 Å². The molecule has 0 aliphatic rings. The number of aromatic nitrogens is 1. The molecule has 1 aromatic heterocycles. The van der Waals surface area contributed by atoms with Crippen LogP contribution in [-0.2, 0) is 0 Å². The Hall–Kier alpha value is -1.74. The summed E-state index contributed by atoms with van der Waals surface area (Å²) in [6.07, 6.45) is 1.67. The fourth-order valence-electron chi connectivity index (χ4n) is 1.28. The van der Waals surface area contributed by atoms with E-state index in [4.69, 9.17) is 22.1 Å². The Morgan fingerprint density at radius 2 is 2.12 bits per heavy atom. The zero-order valence-electron chi connectivity index (χ0n) is 8.77. The van der Waals surface area contributed by atoms with Crippen LogP contribution >= 0.6 is 11.6 Å². The number of halogens is 1. The van der Waals surface area contributed by atoms with Gasteiger partial charge in [0.15, 0.2) is 5.75 Å². The zero-order chi connectivity index (χ0) is 11.5. The Kier molecular flexibility index (Phi) is 2.97. The molecule has 2 rings (SSSR count). The molecule has 0 saturated heterocycles. The number of rotatable bonds is 2. The van der Waals surface area contributed by atoms with Crippen molar-refractivity contribution in [3.05, 3.63) is 47.1 Å². The van der Waals surface area contributed by atoms with Gasteiger partial charge in [-0.25, -0.2) is 4.98 Å². The van der Waals surface area contributed by atoms with E-state index in [9.17, 15) is 0 Å². The molecule has 3 nitrogen and oxygen atoms in total. The van der Waals surface area contributed by atoms with Gasteiger partial charge in [0.2, 0.25) is 5.88 Å². The van der Waals surface area contributed by atoms with Crippen LogP contribution in [0.3, 0.4) is 0 Å². The lowest BCUT2D eigenvalue weighted by Crippen LogP contribution is -1.94. The fourth-order valence-corrected chi connectivity index (χ4v) is 1.44. The van der Waals surface area contributed by atoms with Crippen LogP contribution in [0, 0.1) is 6.92 Å². The average molecular weight is 235 g/mol. The predicted molar refractivity (Wildman–Crippen MR) is 64.9 cm³/mol. The second-order valence-electron chi connectivity index (χ2n) is 3.41. The standard InChI is InChI=1S/C12H11ClN2O/c1-8-3-2-6-15-12(8)16-11-7-9(13)4-5-10(11)14/h2-7H,14H2,1H3. The number of anilines is 1. The number of benzene rings is 1. The van der Waals surface area contributed by atoms with E-state index < -0.39 is 0 Å². The lowest BCUT2D eigenvalue weighted by molar-refractivity contribution is 0.461. The van der Waals surface area contributed by atoms with Gasteiger partial charge < -0.3 is 10.5 Å². The van der Waals surface area contributed by atoms with E-state index in [0.717, 1.165) is 5.56 Å². The van der Waals surface area contributed by atoms with Crippen LogP contribution in [0.4, 0.5) is 5.69 Å². The van der Waals surface area contributed by atoms with E-state index in [1.54, 1.807) is 24.4 Å². The molecule has 0 radical (unpaired) electrons. The van der Waals surface area contributed by atoms with Crippen molar-refractivity contribution in [1.29, 1.82) is 0 Å². The maximum absolute atomic E-state index is 5.87. The summed E-state index contributed by atoms with van der Waals surface area (Å²) in [7, 11) is 0. The molecule has 0 aliphatic carbocycles. The monoisotopic (exact) mass is 234 g/mol. The lowest BCUT2D eigenvalue weighted by atomic mass is 10.3. The first-order valence-electron chi connectivity index (χ1n) is 4.81. The molecule has 0 spiro atoms. The van der Waals surface area contributed by atoms with Crippen molar-refractivity contribution in [3.8, 4) is 11.6 Å². The molecule has 2 aromatic rings. The highest BCUT2D eigenvalue weighted by Gasteiger charge is 2.05. The van der Waals surface area contributed by atoms with Crippen molar-refractivity contribution < 1.29 is 4.74 Å². The van der Waals surface area contributed by atoms with Crippen molar-refractivity contribution in [2.24, 2.45) is 0 Å². The predicted octanol–water partition coefficient (Wildman–Crippen LogP) is 3.42. The smallest absolute Gasteiger partial charge is 0.222 e. The Morgan fingerprint density at radius 3 is 2.88 bits per heavy atom. The number of hydrogen-bond donors (Lipinski definition) is 1. The van der Waals surface area contributed by atoms with E-state index in [-0.39, 0.29) is 0 Å². The normalized spacial score (nSPS) is 10.1. The molecule has 82 valence electrons. The quantitative estimate of drug-likeness (QED) is 0.810. The number of ether oxygens (including phenoxy) is 1. The van der Waals surface area contributed by atoms with Gasteiger partial charge in [-0.2, -0.15) is 0 Å². The molecular weight excluding hydrogens is 224 g/mol. The van der Waals surface area contributed by atoms with Crippen molar-refractivity contribution in [2.75, 3.05) is 5.73 Å². The molecule has 1 aromatic carbocycles. The van der Waals surface area contributed by atoms with E-state index in [1.165, 1.54) is 0 Å². The maximum atomic E-state index is 5.87. The Bertz CT molecular complexity index is 514. The third-order valence-electron chi connectivity index (χ3n) is 2.14. The van der Waals surface area contributed by atoms with Crippen LogP contribution in [-0.4, -0.2) is 4.98 Å². The largest absolute Gasteiger partial charge is 0.437 e. The zero-order valence-corrected chi connectivity index (χ0v) is 9.53. The second-order valence-corrected chi connectivity index (χ2v) is 3.85. The van der Waals surface area contributed by atoms with E-state index >= 15 is 0 Å². The van der Waals surface area contributed by atoms with Crippen molar-refractivity contribution >= 4 is 17.3 Å². The Labute approximate surface area is 98.8 Å². The number of hydrogen-bond acceptors (Lipinski definition) is 3. The molecular formula is C12H11ClN2O. The van der Waals surface area contributed by atoms with Crippen LogP contribution in [0.5, 0.6) is 11.6 Å². The van der Waals surface area contributed by atoms with Gasteiger partial charge in [-0.3, -0.25) is 0 Å². The third kappa shape index (κ3) is 2.25. The number of aryl methyl sites for hydroxylation is 1. The molecule has 0 bridgehead atoms. The fraction of sp³-hybridized carbons (Fsp3) is 0.0833. The third-order valence-corrected chi connectivity index (χ3v) is 2.38. The van der Waals surface area contributed by atoms with Crippen LogP contribution in [0.2, 0.25) is 5.02 Å². The summed E-state index contributed by atoms with van der Waals surface area (Å²) in [6, 6.07) is 8.86. The molecule has 1 heterocycles. The van der Waals surface area contributed by atoms with Gasteiger partial charge >= 0.3 is 0 Å². The molecule has 4 heteroatoms. The first-order chi connectivity index (χ1) is 7.66. The molecule has 0 atom stereocenters. The summed E-state index contributed by atoms with van der Waals surface area (Å²) in [4.78, 5) is 4.12. The Morgan fingerprint density at radius 1 is 1.31 bits per heavy atom. The topological polar surface area (TPSA) is 48.1 Å².